The van der Waals surface area contributed by atoms with Crippen molar-refractivity contribution in [3.63, 3.8) is 0 Å². The van der Waals surface area contributed by atoms with Crippen molar-refractivity contribution in [3.05, 3.63) is 93.4 Å². The van der Waals surface area contributed by atoms with Crippen LogP contribution in [0.5, 0.6) is 0 Å². The number of halogens is 3. The van der Waals surface area contributed by atoms with E-state index in [-0.39, 0.29) is 49.6 Å². The average molecular weight is 511 g/mol. The number of benzene rings is 2. The minimum atomic E-state index is -4.21. The van der Waals surface area contributed by atoms with Crippen molar-refractivity contribution in [2.45, 2.75) is 50.9 Å². The minimum Gasteiger partial charge on any atom is -0.369 e. The van der Waals surface area contributed by atoms with E-state index in [9.17, 15) is 22.8 Å². The van der Waals surface area contributed by atoms with Gasteiger partial charge in [-0.1, -0.05) is 60.7 Å². The molecule has 0 unspecified atom stereocenters. The molecule has 1 saturated carbocycles. The van der Waals surface area contributed by atoms with Gasteiger partial charge < -0.3 is 10.6 Å². The van der Waals surface area contributed by atoms with Gasteiger partial charge in [0.15, 0.2) is 0 Å². The fraction of sp³-hybridized carbons (Fsp3) is 0.393. The van der Waals surface area contributed by atoms with Crippen molar-refractivity contribution < 1.29 is 18.0 Å². The number of carbonyl (C=O) groups excluding carboxylic acids is 1. The molecule has 0 atom stereocenters. The van der Waals surface area contributed by atoms with Crippen molar-refractivity contribution in [2.24, 2.45) is 11.8 Å². The van der Waals surface area contributed by atoms with E-state index in [0.29, 0.717) is 24.2 Å². The Morgan fingerprint density at radius 1 is 0.946 bits per heavy atom. The second-order valence-electron chi connectivity index (χ2n) is 9.89. The highest BCUT2D eigenvalue weighted by atomic mass is 19.4. The highest BCUT2D eigenvalue weighted by molar-refractivity contribution is 5.79. The van der Waals surface area contributed by atoms with Crippen LogP contribution in [0.3, 0.4) is 0 Å². The Hall–Kier alpha value is -3.62. The van der Waals surface area contributed by atoms with Crippen molar-refractivity contribution in [1.82, 2.24) is 14.5 Å². The molecule has 0 bridgehead atoms. The molecular weight excluding hydrogens is 481 g/mol. The maximum absolute atomic E-state index is 13.8. The van der Waals surface area contributed by atoms with Crippen LogP contribution >= 0.6 is 0 Å². The molecule has 37 heavy (non-hydrogen) atoms. The number of hydrogen-bond donors (Lipinski definition) is 1. The number of anilines is 1. The van der Waals surface area contributed by atoms with Crippen LogP contribution in [0, 0.1) is 11.8 Å². The molecule has 5 rings (SSSR count). The van der Waals surface area contributed by atoms with Crippen LogP contribution in [0.1, 0.15) is 54.1 Å². The van der Waals surface area contributed by atoms with Crippen molar-refractivity contribution >= 4 is 11.9 Å². The molecule has 2 aromatic carbocycles. The normalized spacial score (nSPS) is 20.1. The molecule has 2 heterocycles. The summed E-state index contributed by atoms with van der Waals surface area (Å²) in [5.74, 6) is -1.87. The molecule has 3 aromatic rings. The number of fused-ring (bicyclic) bond motifs is 1. The fourth-order valence-electron chi connectivity index (χ4n) is 5.65. The quantitative estimate of drug-likeness (QED) is 0.551. The van der Waals surface area contributed by atoms with Crippen molar-refractivity contribution in [3.8, 4) is 0 Å². The van der Waals surface area contributed by atoms with Gasteiger partial charge in [0.1, 0.15) is 0 Å². The lowest BCUT2D eigenvalue weighted by Crippen LogP contribution is -2.44. The van der Waals surface area contributed by atoms with Crippen LogP contribution in [-0.2, 0) is 17.8 Å². The molecule has 1 fully saturated rings. The van der Waals surface area contributed by atoms with E-state index in [1.165, 1.54) is 4.57 Å². The lowest BCUT2D eigenvalue weighted by Gasteiger charge is -2.35. The van der Waals surface area contributed by atoms with E-state index in [1.54, 1.807) is 4.90 Å². The van der Waals surface area contributed by atoms with Gasteiger partial charge in [0.25, 0.3) is 5.56 Å². The fourth-order valence-corrected chi connectivity index (χ4v) is 5.65. The number of amides is 1. The highest BCUT2D eigenvalue weighted by Crippen LogP contribution is 2.40. The maximum Gasteiger partial charge on any atom is 0.391 e. The van der Waals surface area contributed by atoms with Gasteiger partial charge in [-0.15, -0.1) is 0 Å². The van der Waals surface area contributed by atoms with E-state index in [4.69, 9.17) is 5.73 Å². The summed E-state index contributed by atoms with van der Waals surface area (Å²) in [6, 6.07) is 18.7. The molecule has 6 nitrogen and oxygen atoms in total. The molecule has 1 aliphatic heterocycles. The minimum absolute atomic E-state index is 0.0272. The summed E-state index contributed by atoms with van der Waals surface area (Å²) in [5.41, 5.74) is 8.92. The largest absolute Gasteiger partial charge is 0.391 e. The van der Waals surface area contributed by atoms with Crippen LogP contribution < -0.4 is 11.3 Å². The van der Waals surface area contributed by atoms with Gasteiger partial charge in [-0.2, -0.15) is 13.2 Å². The molecule has 0 spiro atoms. The van der Waals surface area contributed by atoms with Crippen molar-refractivity contribution in [1.29, 1.82) is 0 Å². The predicted molar refractivity (Wildman–Crippen MR) is 134 cm³/mol. The lowest BCUT2D eigenvalue weighted by molar-refractivity contribution is -0.185. The van der Waals surface area contributed by atoms with Crippen LogP contribution in [0.15, 0.2) is 65.5 Å². The predicted octanol–water partition coefficient (Wildman–Crippen LogP) is 4.72. The smallest absolute Gasteiger partial charge is 0.369 e. The Labute approximate surface area is 212 Å². The molecule has 9 heteroatoms. The number of rotatable bonds is 4. The second kappa shape index (κ2) is 10.0. The Balaban J connectivity index is 1.41. The van der Waals surface area contributed by atoms with Crippen LogP contribution in [-0.4, -0.2) is 33.1 Å². The van der Waals surface area contributed by atoms with E-state index in [2.05, 4.69) is 4.98 Å². The van der Waals surface area contributed by atoms with Gasteiger partial charge in [0.05, 0.1) is 24.2 Å². The monoisotopic (exact) mass is 510 g/mol. The number of nitrogens with zero attached hydrogens (tertiary/aromatic N) is 3. The average Bonchev–Trinajstić information content (AvgIpc) is 2.91. The van der Waals surface area contributed by atoms with Gasteiger partial charge in [-0.05, 0) is 43.2 Å². The van der Waals surface area contributed by atoms with E-state index < -0.39 is 24.1 Å². The third kappa shape index (κ3) is 4.99. The van der Waals surface area contributed by atoms with Gasteiger partial charge in [-0.3, -0.25) is 14.2 Å². The molecular formula is C28H29F3N4O2. The molecule has 1 aromatic heterocycles. The summed E-state index contributed by atoms with van der Waals surface area (Å²) in [4.78, 5) is 33.1. The van der Waals surface area contributed by atoms with Crippen molar-refractivity contribution in [2.75, 3.05) is 12.3 Å². The van der Waals surface area contributed by atoms with Gasteiger partial charge in [0, 0.05) is 18.0 Å². The SMILES string of the molecule is Nc1nc2c(c(=O)n1C(c1ccccc1)c1ccccc1)CCN(C(=O)[C@H]1CC[C@H](C(F)(F)F)CC1)C2. The summed E-state index contributed by atoms with van der Waals surface area (Å²) in [7, 11) is 0. The first kappa shape index (κ1) is 25.0. The molecule has 1 amide bonds. The number of carbonyl (C=O) groups is 1. The standard InChI is InChI=1S/C28H29F3N4O2/c29-28(30,31)21-13-11-20(12-14-21)25(36)34-16-15-22-23(17-34)33-27(32)35(26(22)37)24(18-7-3-1-4-8-18)19-9-5-2-6-10-19/h1-10,20-21,24H,11-17H2,(H2,32,33)/t20-,21-. The first-order chi connectivity index (χ1) is 17.7. The molecule has 0 saturated heterocycles. The summed E-state index contributed by atoms with van der Waals surface area (Å²) < 4.78 is 40.6. The molecule has 194 valence electrons. The molecule has 2 N–H and O–H groups in total. The first-order valence-corrected chi connectivity index (χ1v) is 12.6. The highest BCUT2D eigenvalue weighted by Gasteiger charge is 2.43. The van der Waals surface area contributed by atoms with Crippen LogP contribution in [0.2, 0.25) is 0 Å². The van der Waals surface area contributed by atoms with Crippen LogP contribution in [0.25, 0.3) is 0 Å². The summed E-state index contributed by atoms with van der Waals surface area (Å²) in [5, 5.41) is 0. The molecule has 2 aliphatic rings. The Morgan fingerprint density at radius 3 is 2.05 bits per heavy atom. The zero-order valence-corrected chi connectivity index (χ0v) is 20.3. The maximum atomic E-state index is 13.8. The number of alkyl halides is 3. The second-order valence-corrected chi connectivity index (χ2v) is 9.89. The van der Waals surface area contributed by atoms with E-state index in [0.717, 1.165) is 11.1 Å². The number of nitrogen functional groups attached to an aromatic ring is 1. The molecule has 1 aliphatic carbocycles. The Bertz CT molecular complexity index is 1280. The number of hydrogen-bond acceptors (Lipinski definition) is 4. The Morgan fingerprint density at radius 2 is 1.51 bits per heavy atom. The van der Waals surface area contributed by atoms with E-state index >= 15 is 0 Å². The van der Waals surface area contributed by atoms with E-state index in [1.807, 2.05) is 60.7 Å². The third-order valence-electron chi connectivity index (χ3n) is 7.63. The molecule has 0 radical (unpaired) electrons. The van der Waals surface area contributed by atoms with Gasteiger partial charge in [-0.25, -0.2) is 4.98 Å². The first-order valence-electron chi connectivity index (χ1n) is 12.6. The lowest BCUT2D eigenvalue weighted by atomic mass is 9.81. The van der Waals surface area contributed by atoms with Crippen LogP contribution in [0.4, 0.5) is 19.1 Å². The number of aromatic nitrogens is 2. The van der Waals surface area contributed by atoms with Gasteiger partial charge in [0.2, 0.25) is 11.9 Å². The topological polar surface area (TPSA) is 81.2 Å². The zero-order chi connectivity index (χ0) is 26.2. The number of nitrogens with two attached hydrogens (primary N) is 1. The zero-order valence-electron chi connectivity index (χ0n) is 20.3. The Kier molecular flexibility index (Phi) is 6.79. The van der Waals surface area contributed by atoms with Gasteiger partial charge >= 0.3 is 6.18 Å². The summed E-state index contributed by atoms with van der Waals surface area (Å²) >= 11 is 0. The third-order valence-corrected chi connectivity index (χ3v) is 7.63. The summed E-state index contributed by atoms with van der Waals surface area (Å²) in [6.07, 6.45) is -3.50. The summed E-state index contributed by atoms with van der Waals surface area (Å²) in [6.45, 7) is 0.461.